The van der Waals surface area contributed by atoms with Crippen LogP contribution in [-0.4, -0.2) is 11.3 Å². The summed E-state index contributed by atoms with van der Waals surface area (Å²) in [6.07, 6.45) is -2.30. The lowest BCUT2D eigenvalue weighted by Crippen LogP contribution is -2.07. The summed E-state index contributed by atoms with van der Waals surface area (Å²) in [7, 11) is 0. The predicted octanol–water partition coefficient (Wildman–Crippen LogP) is 1.89. The van der Waals surface area contributed by atoms with Crippen LogP contribution in [0.15, 0.2) is 6.07 Å². The standard InChI is InChI=1S/C8H7F2IN2O/c9-7(10)6-4(3-14)1-5(2-12)13-8(6)11/h1,3,7H,2,12H2. The van der Waals surface area contributed by atoms with Crippen molar-refractivity contribution in [2.75, 3.05) is 0 Å². The fraction of sp³-hybridized carbons (Fsp3) is 0.250. The van der Waals surface area contributed by atoms with Gasteiger partial charge in [-0.05, 0) is 28.7 Å². The molecule has 14 heavy (non-hydrogen) atoms. The van der Waals surface area contributed by atoms with Gasteiger partial charge in [0.05, 0.1) is 11.3 Å². The van der Waals surface area contributed by atoms with E-state index in [1.54, 1.807) is 22.6 Å². The Balaban J connectivity index is 3.34. The van der Waals surface area contributed by atoms with E-state index in [4.69, 9.17) is 5.73 Å². The Morgan fingerprint density at radius 3 is 2.71 bits per heavy atom. The summed E-state index contributed by atoms with van der Waals surface area (Å²) in [5.41, 5.74) is 5.37. The van der Waals surface area contributed by atoms with Gasteiger partial charge in [-0.2, -0.15) is 0 Å². The van der Waals surface area contributed by atoms with Gasteiger partial charge in [0, 0.05) is 12.1 Å². The lowest BCUT2D eigenvalue weighted by Gasteiger charge is -2.07. The van der Waals surface area contributed by atoms with Gasteiger partial charge in [-0.3, -0.25) is 4.79 Å². The molecule has 0 atom stereocenters. The molecule has 0 aliphatic heterocycles. The zero-order chi connectivity index (χ0) is 10.7. The molecule has 1 aromatic rings. The predicted molar refractivity (Wildman–Crippen MR) is 55.2 cm³/mol. The van der Waals surface area contributed by atoms with E-state index in [0.717, 1.165) is 0 Å². The first-order valence-electron chi connectivity index (χ1n) is 3.72. The van der Waals surface area contributed by atoms with Crippen molar-refractivity contribution in [1.82, 2.24) is 4.98 Å². The first kappa shape index (κ1) is 11.4. The minimum atomic E-state index is -2.69. The van der Waals surface area contributed by atoms with Gasteiger partial charge >= 0.3 is 0 Å². The number of rotatable bonds is 3. The Labute approximate surface area is 92.8 Å². The van der Waals surface area contributed by atoms with Crippen molar-refractivity contribution >= 4 is 28.9 Å². The van der Waals surface area contributed by atoms with Gasteiger partial charge in [-0.15, -0.1) is 0 Å². The number of alkyl halides is 2. The summed E-state index contributed by atoms with van der Waals surface area (Å²) in [6.45, 7) is 0.125. The number of pyridine rings is 1. The maximum absolute atomic E-state index is 12.5. The Kier molecular flexibility index (Phi) is 3.87. The molecule has 2 N–H and O–H groups in total. The molecule has 0 spiro atoms. The Morgan fingerprint density at radius 2 is 2.29 bits per heavy atom. The molecule has 0 aromatic carbocycles. The highest BCUT2D eigenvalue weighted by molar-refractivity contribution is 14.1. The molecule has 1 aromatic heterocycles. The van der Waals surface area contributed by atoms with Gasteiger partial charge < -0.3 is 5.73 Å². The molecule has 76 valence electrons. The molecule has 0 saturated heterocycles. The number of hydrogen-bond acceptors (Lipinski definition) is 3. The molecular formula is C8H7F2IN2O. The lowest BCUT2D eigenvalue weighted by molar-refractivity contribution is 0.110. The average molecular weight is 312 g/mol. The highest BCUT2D eigenvalue weighted by Gasteiger charge is 2.18. The Morgan fingerprint density at radius 1 is 1.64 bits per heavy atom. The smallest absolute Gasteiger partial charge is 0.267 e. The molecule has 0 fully saturated rings. The highest BCUT2D eigenvalue weighted by atomic mass is 127. The van der Waals surface area contributed by atoms with Crippen LogP contribution in [0.3, 0.4) is 0 Å². The topological polar surface area (TPSA) is 56.0 Å². The van der Waals surface area contributed by atoms with E-state index < -0.39 is 6.43 Å². The van der Waals surface area contributed by atoms with Crippen LogP contribution in [0.25, 0.3) is 0 Å². The van der Waals surface area contributed by atoms with Crippen molar-refractivity contribution in [2.24, 2.45) is 5.73 Å². The molecule has 0 amide bonds. The van der Waals surface area contributed by atoms with Crippen molar-refractivity contribution in [3.8, 4) is 0 Å². The third-order valence-electron chi connectivity index (χ3n) is 1.65. The molecule has 6 heteroatoms. The van der Waals surface area contributed by atoms with Crippen molar-refractivity contribution in [2.45, 2.75) is 13.0 Å². The number of carbonyl (C=O) groups is 1. The SMILES string of the molecule is NCc1cc(C=O)c(C(F)F)c(I)n1. The maximum Gasteiger partial charge on any atom is 0.267 e. The van der Waals surface area contributed by atoms with Gasteiger partial charge in [0.25, 0.3) is 6.43 Å². The van der Waals surface area contributed by atoms with E-state index in [2.05, 4.69) is 4.98 Å². The van der Waals surface area contributed by atoms with Crippen LogP contribution >= 0.6 is 22.6 Å². The second-order valence-corrected chi connectivity index (χ2v) is 3.55. The second kappa shape index (κ2) is 4.74. The quantitative estimate of drug-likeness (QED) is 0.527. The number of aromatic nitrogens is 1. The molecule has 1 rings (SSSR count). The maximum atomic E-state index is 12.5. The van der Waals surface area contributed by atoms with Crippen LogP contribution in [0.1, 0.15) is 28.0 Å². The Bertz CT molecular complexity index is 357. The Hall–Kier alpha value is -0.630. The van der Waals surface area contributed by atoms with E-state index in [0.29, 0.717) is 12.0 Å². The highest BCUT2D eigenvalue weighted by Crippen LogP contribution is 2.26. The van der Waals surface area contributed by atoms with Crippen molar-refractivity contribution in [1.29, 1.82) is 0 Å². The van der Waals surface area contributed by atoms with Crippen molar-refractivity contribution in [3.05, 3.63) is 26.6 Å². The molecule has 0 bridgehead atoms. The fourth-order valence-corrected chi connectivity index (χ4v) is 1.87. The lowest BCUT2D eigenvalue weighted by atomic mass is 10.1. The van der Waals surface area contributed by atoms with Gasteiger partial charge in [-0.1, -0.05) is 0 Å². The summed E-state index contributed by atoms with van der Waals surface area (Å²) < 4.78 is 25.1. The average Bonchev–Trinajstić information content (AvgIpc) is 2.15. The first-order chi connectivity index (χ1) is 6.60. The second-order valence-electron chi connectivity index (χ2n) is 2.53. The van der Waals surface area contributed by atoms with Crippen LogP contribution in [-0.2, 0) is 6.54 Å². The van der Waals surface area contributed by atoms with E-state index in [-0.39, 0.29) is 21.4 Å². The summed E-state index contributed by atoms with van der Waals surface area (Å²) >= 11 is 1.67. The third kappa shape index (κ3) is 2.24. The molecule has 0 aliphatic rings. The zero-order valence-corrected chi connectivity index (χ0v) is 9.16. The van der Waals surface area contributed by atoms with E-state index >= 15 is 0 Å². The summed E-state index contributed by atoms with van der Waals surface area (Å²) in [5.74, 6) is 0. The minimum absolute atomic E-state index is 0.0418. The largest absolute Gasteiger partial charge is 0.325 e. The normalized spacial score (nSPS) is 10.6. The number of carbonyl (C=O) groups excluding carboxylic acids is 1. The van der Waals surface area contributed by atoms with Crippen molar-refractivity contribution < 1.29 is 13.6 Å². The first-order valence-corrected chi connectivity index (χ1v) is 4.80. The molecule has 3 nitrogen and oxygen atoms in total. The molecule has 0 radical (unpaired) electrons. The molecule has 0 unspecified atom stereocenters. The number of hydrogen-bond donors (Lipinski definition) is 1. The van der Waals surface area contributed by atoms with Crippen LogP contribution < -0.4 is 5.73 Å². The number of halogens is 3. The third-order valence-corrected chi connectivity index (χ3v) is 2.47. The van der Waals surface area contributed by atoms with Gasteiger partial charge in [0.15, 0.2) is 6.29 Å². The van der Waals surface area contributed by atoms with Crippen molar-refractivity contribution in [3.63, 3.8) is 0 Å². The van der Waals surface area contributed by atoms with Gasteiger partial charge in [0.1, 0.15) is 3.70 Å². The molecule has 0 aliphatic carbocycles. The summed E-state index contributed by atoms with van der Waals surface area (Å²) in [4.78, 5) is 14.4. The number of nitrogens with two attached hydrogens (primary N) is 1. The van der Waals surface area contributed by atoms with Gasteiger partial charge in [-0.25, -0.2) is 13.8 Å². The van der Waals surface area contributed by atoms with Crippen LogP contribution in [0, 0.1) is 3.70 Å². The van der Waals surface area contributed by atoms with Crippen LogP contribution in [0.5, 0.6) is 0 Å². The number of nitrogens with zero attached hydrogens (tertiary/aromatic N) is 1. The minimum Gasteiger partial charge on any atom is -0.325 e. The van der Waals surface area contributed by atoms with Crippen LogP contribution in [0.4, 0.5) is 8.78 Å². The summed E-state index contributed by atoms with van der Waals surface area (Å²) in [5, 5.41) is 0. The van der Waals surface area contributed by atoms with E-state index in [1.807, 2.05) is 0 Å². The summed E-state index contributed by atoms with van der Waals surface area (Å²) in [6, 6.07) is 1.29. The molecule has 1 heterocycles. The molecule has 0 saturated carbocycles. The monoisotopic (exact) mass is 312 g/mol. The molecular weight excluding hydrogens is 305 g/mol. The van der Waals surface area contributed by atoms with E-state index in [1.165, 1.54) is 6.07 Å². The van der Waals surface area contributed by atoms with Gasteiger partial charge in [0.2, 0.25) is 0 Å². The van der Waals surface area contributed by atoms with E-state index in [9.17, 15) is 13.6 Å². The number of aldehydes is 1. The van der Waals surface area contributed by atoms with Crippen LogP contribution in [0.2, 0.25) is 0 Å². The zero-order valence-electron chi connectivity index (χ0n) is 7.01. The fourth-order valence-electron chi connectivity index (χ4n) is 1.01.